The maximum atomic E-state index is 13.2. The van der Waals surface area contributed by atoms with Gasteiger partial charge in [-0.2, -0.15) is 4.98 Å². The van der Waals surface area contributed by atoms with Crippen molar-refractivity contribution in [3.63, 3.8) is 0 Å². The fraction of sp³-hybridized carbons (Fsp3) is 0.500. The van der Waals surface area contributed by atoms with E-state index in [0.717, 1.165) is 6.42 Å². The van der Waals surface area contributed by atoms with Crippen LogP contribution in [0.25, 0.3) is 0 Å². The number of nitrogens with zero attached hydrogens (tertiary/aromatic N) is 3. The number of hydrogen-bond donors (Lipinski definition) is 0. The van der Waals surface area contributed by atoms with Crippen LogP contribution in [-0.4, -0.2) is 54.4 Å². The molecule has 1 fully saturated rings. The maximum Gasteiger partial charge on any atom is 0.252 e. The van der Waals surface area contributed by atoms with Gasteiger partial charge in [-0.25, -0.2) is 4.39 Å². The summed E-state index contributed by atoms with van der Waals surface area (Å²) < 4.78 is 28.7. The van der Waals surface area contributed by atoms with Crippen LogP contribution in [0.15, 0.2) is 28.8 Å². The van der Waals surface area contributed by atoms with E-state index in [1.165, 1.54) is 12.1 Å². The van der Waals surface area contributed by atoms with E-state index in [9.17, 15) is 9.18 Å². The van der Waals surface area contributed by atoms with Gasteiger partial charge in [-0.1, -0.05) is 17.3 Å². The van der Waals surface area contributed by atoms with Crippen molar-refractivity contribution >= 4 is 5.91 Å². The average Bonchev–Trinajstić information content (AvgIpc) is 3.28. The smallest absolute Gasteiger partial charge is 0.252 e. The van der Waals surface area contributed by atoms with Crippen molar-refractivity contribution in [2.45, 2.75) is 25.4 Å². The van der Waals surface area contributed by atoms with Gasteiger partial charge < -0.3 is 18.9 Å². The second-order valence-corrected chi connectivity index (χ2v) is 6.22. The third-order valence-electron chi connectivity index (χ3n) is 4.29. The molecular formula is C18H22FN3O4. The summed E-state index contributed by atoms with van der Waals surface area (Å²) in [6.45, 7) is 2.38. The molecule has 1 aliphatic heterocycles. The van der Waals surface area contributed by atoms with E-state index in [2.05, 4.69) is 10.1 Å². The minimum absolute atomic E-state index is 0.0234. The first-order valence-electron chi connectivity index (χ1n) is 8.57. The van der Waals surface area contributed by atoms with Crippen molar-refractivity contribution < 1.29 is 23.2 Å². The molecule has 7 nitrogen and oxygen atoms in total. The van der Waals surface area contributed by atoms with E-state index >= 15 is 0 Å². The predicted octanol–water partition coefficient (Wildman–Crippen LogP) is 1.93. The van der Waals surface area contributed by atoms with E-state index in [0.29, 0.717) is 43.6 Å². The zero-order valence-corrected chi connectivity index (χ0v) is 14.7. The van der Waals surface area contributed by atoms with Crippen LogP contribution >= 0.6 is 0 Å². The molecule has 1 unspecified atom stereocenters. The molecule has 3 rings (SSSR count). The number of likely N-dealkylation sites (tertiary alicyclic amines) is 1. The van der Waals surface area contributed by atoms with Crippen LogP contribution in [-0.2, 0) is 27.3 Å². The fourth-order valence-electron chi connectivity index (χ4n) is 2.93. The standard InChI is InChI=1S/C18H22FN3O4/c1-24-7-8-25-12-16-20-18(21-26-16)14-5-6-22(11-14)17(23)10-13-3-2-4-15(19)9-13/h2-4,9,14H,5-8,10-12H2,1H3. The van der Waals surface area contributed by atoms with Gasteiger partial charge >= 0.3 is 0 Å². The molecular weight excluding hydrogens is 341 g/mol. The highest BCUT2D eigenvalue weighted by atomic mass is 19.1. The second kappa shape index (κ2) is 8.86. The van der Waals surface area contributed by atoms with Crippen molar-refractivity contribution in [3.05, 3.63) is 47.4 Å². The summed E-state index contributed by atoms with van der Waals surface area (Å²) in [6.07, 6.45) is 0.966. The largest absolute Gasteiger partial charge is 0.382 e. The lowest BCUT2D eigenvalue weighted by atomic mass is 10.1. The van der Waals surface area contributed by atoms with Gasteiger partial charge in [0.05, 0.1) is 19.6 Å². The summed E-state index contributed by atoms with van der Waals surface area (Å²) in [6, 6.07) is 6.12. The molecule has 1 amide bonds. The van der Waals surface area contributed by atoms with Crippen LogP contribution in [0.3, 0.4) is 0 Å². The number of aromatic nitrogens is 2. The first-order chi connectivity index (χ1) is 12.7. The molecule has 1 aliphatic rings. The van der Waals surface area contributed by atoms with Crippen molar-refractivity contribution in [1.82, 2.24) is 15.0 Å². The van der Waals surface area contributed by atoms with Gasteiger partial charge in [0, 0.05) is 26.1 Å². The number of carbonyl (C=O) groups is 1. The summed E-state index contributed by atoms with van der Waals surface area (Å²) >= 11 is 0. The summed E-state index contributed by atoms with van der Waals surface area (Å²) in [7, 11) is 1.61. The van der Waals surface area contributed by atoms with E-state index in [4.69, 9.17) is 14.0 Å². The highest BCUT2D eigenvalue weighted by molar-refractivity contribution is 5.79. The van der Waals surface area contributed by atoms with E-state index in [-0.39, 0.29) is 30.7 Å². The number of ether oxygens (including phenoxy) is 2. The highest BCUT2D eigenvalue weighted by Crippen LogP contribution is 2.25. The molecule has 2 aromatic rings. The van der Waals surface area contributed by atoms with Gasteiger partial charge in [0.25, 0.3) is 5.89 Å². The van der Waals surface area contributed by atoms with Gasteiger partial charge in [0.15, 0.2) is 5.82 Å². The number of hydrogen-bond acceptors (Lipinski definition) is 6. The number of benzene rings is 1. The molecule has 0 bridgehead atoms. The topological polar surface area (TPSA) is 77.7 Å². The van der Waals surface area contributed by atoms with Gasteiger partial charge in [-0.05, 0) is 24.1 Å². The van der Waals surface area contributed by atoms with Crippen LogP contribution in [0.2, 0.25) is 0 Å². The quantitative estimate of drug-likeness (QED) is 0.667. The van der Waals surface area contributed by atoms with Crippen molar-refractivity contribution in [2.75, 3.05) is 33.4 Å². The van der Waals surface area contributed by atoms with E-state index in [1.807, 2.05) is 0 Å². The van der Waals surface area contributed by atoms with Crippen LogP contribution in [0.1, 0.15) is 29.6 Å². The molecule has 0 N–H and O–H groups in total. The third kappa shape index (κ3) is 4.86. The summed E-state index contributed by atoms with van der Waals surface area (Å²) in [5.41, 5.74) is 0.675. The molecule has 140 valence electrons. The van der Waals surface area contributed by atoms with Crippen molar-refractivity contribution in [3.8, 4) is 0 Å². The average molecular weight is 363 g/mol. The van der Waals surface area contributed by atoms with Gasteiger partial charge in [-0.15, -0.1) is 0 Å². The lowest BCUT2D eigenvalue weighted by molar-refractivity contribution is -0.129. The fourth-order valence-corrected chi connectivity index (χ4v) is 2.93. The predicted molar refractivity (Wildman–Crippen MR) is 89.9 cm³/mol. The van der Waals surface area contributed by atoms with E-state index in [1.54, 1.807) is 24.1 Å². The van der Waals surface area contributed by atoms with Crippen LogP contribution in [0.4, 0.5) is 4.39 Å². The molecule has 1 aromatic carbocycles. The minimum atomic E-state index is -0.332. The summed E-state index contributed by atoms with van der Waals surface area (Å²) in [5.74, 6) is 0.700. The van der Waals surface area contributed by atoms with E-state index < -0.39 is 0 Å². The van der Waals surface area contributed by atoms with Crippen LogP contribution in [0, 0.1) is 5.82 Å². The highest BCUT2D eigenvalue weighted by Gasteiger charge is 2.30. The summed E-state index contributed by atoms with van der Waals surface area (Å²) in [4.78, 5) is 18.5. The molecule has 1 aromatic heterocycles. The Labute approximate surface area is 151 Å². The first kappa shape index (κ1) is 18.5. The van der Waals surface area contributed by atoms with Crippen molar-refractivity contribution in [2.24, 2.45) is 0 Å². The maximum absolute atomic E-state index is 13.2. The first-order valence-corrected chi connectivity index (χ1v) is 8.57. The number of halogens is 1. The molecule has 0 saturated carbocycles. The Hall–Kier alpha value is -2.32. The molecule has 0 spiro atoms. The molecule has 8 heteroatoms. The Morgan fingerprint density at radius 3 is 3.12 bits per heavy atom. The zero-order chi connectivity index (χ0) is 18.4. The lowest BCUT2D eigenvalue weighted by Gasteiger charge is -2.15. The number of methoxy groups -OCH3 is 1. The Balaban J connectivity index is 1.50. The number of amides is 1. The molecule has 0 aliphatic carbocycles. The van der Waals surface area contributed by atoms with Gasteiger partial charge in [0.2, 0.25) is 5.91 Å². The Morgan fingerprint density at radius 2 is 2.31 bits per heavy atom. The van der Waals surface area contributed by atoms with Gasteiger partial charge in [-0.3, -0.25) is 4.79 Å². The van der Waals surface area contributed by atoms with Gasteiger partial charge in [0.1, 0.15) is 12.4 Å². The normalized spacial score (nSPS) is 17.0. The van der Waals surface area contributed by atoms with Crippen LogP contribution < -0.4 is 0 Å². The molecule has 1 atom stereocenters. The minimum Gasteiger partial charge on any atom is -0.382 e. The third-order valence-corrected chi connectivity index (χ3v) is 4.29. The lowest BCUT2D eigenvalue weighted by Crippen LogP contribution is -2.30. The second-order valence-electron chi connectivity index (χ2n) is 6.22. The Kier molecular flexibility index (Phi) is 6.30. The molecule has 26 heavy (non-hydrogen) atoms. The molecule has 1 saturated heterocycles. The zero-order valence-electron chi connectivity index (χ0n) is 14.7. The van der Waals surface area contributed by atoms with Crippen LogP contribution in [0.5, 0.6) is 0 Å². The number of rotatable bonds is 8. The Bertz CT molecular complexity index is 737. The SMILES string of the molecule is COCCOCc1nc(C2CCN(C(=O)Cc3cccc(F)c3)C2)no1. The molecule has 0 radical (unpaired) electrons. The Morgan fingerprint density at radius 1 is 1.42 bits per heavy atom. The number of carbonyl (C=O) groups excluding carboxylic acids is 1. The van der Waals surface area contributed by atoms with Crippen molar-refractivity contribution in [1.29, 1.82) is 0 Å². The monoisotopic (exact) mass is 363 g/mol. The molecule has 2 heterocycles. The summed E-state index contributed by atoms with van der Waals surface area (Å²) in [5, 5.41) is 4.00.